The van der Waals surface area contributed by atoms with Crippen molar-refractivity contribution >= 4 is 34.1 Å². The fourth-order valence-corrected chi connectivity index (χ4v) is 2.41. The van der Waals surface area contributed by atoms with Crippen molar-refractivity contribution in [3.05, 3.63) is 65.3 Å². The van der Waals surface area contributed by atoms with Crippen molar-refractivity contribution in [2.24, 2.45) is 0 Å². The lowest BCUT2D eigenvalue weighted by Gasteiger charge is -2.08. The number of nitrogens with zero attached hydrogens (tertiary/aromatic N) is 1. The highest BCUT2D eigenvalue weighted by Gasteiger charge is 2.09. The van der Waals surface area contributed by atoms with Crippen LogP contribution in [0, 0.1) is 0 Å². The fraction of sp³-hybridized carbons (Fsp3) is 0.0588. The van der Waals surface area contributed by atoms with E-state index in [1.54, 1.807) is 43.6 Å². The molecule has 0 unspecified atom stereocenters. The van der Waals surface area contributed by atoms with Gasteiger partial charge in [0.1, 0.15) is 5.75 Å². The second-order valence-electron chi connectivity index (χ2n) is 4.71. The van der Waals surface area contributed by atoms with Crippen LogP contribution in [0.3, 0.4) is 0 Å². The molecule has 0 spiro atoms. The first-order chi connectivity index (χ1) is 10.7. The van der Waals surface area contributed by atoms with Crippen LogP contribution >= 0.6 is 11.6 Å². The van der Waals surface area contributed by atoms with Gasteiger partial charge in [0.15, 0.2) is 0 Å². The Labute approximate surface area is 132 Å². The number of rotatable bonds is 3. The van der Waals surface area contributed by atoms with Gasteiger partial charge in [0.2, 0.25) is 0 Å². The molecule has 1 amide bonds. The van der Waals surface area contributed by atoms with Gasteiger partial charge in [0.05, 0.1) is 17.6 Å². The highest BCUT2D eigenvalue weighted by atomic mass is 35.5. The van der Waals surface area contributed by atoms with Crippen molar-refractivity contribution in [2.75, 3.05) is 12.4 Å². The number of ether oxygens (including phenoxy) is 1. The van der Waals surface area contributed by atoms with Gasteiger partial charge in [-0.25, -0.2) is 0 Å². The summed E-state index contributed by atoms with van der Waals surface area (Å²) in [6, 6.07) is 14.3. The zero-order chi connectivity index (χ0) is 15.5. The Kier molecular flexibility index (Phi) is 3.94. The second-order valence-corrected chi connectivity index (χ2v) is 5.12. The van der Waals surface area contributed by atoms with E-state index < -0.39 is 0 Å². The molecule has 0 radical (unpaired) electrons. The predicted molar refractivity (Wildman–Crippen MR) is 87.7 cm³/mol. The van der Waals surface area contributed by atoms with Gasteiger partial charge < -0.3 is 10.1 Å². The Hall–Kier alpha value is -2.59. The average molecular weight is 313 g/mol. The lowest BCUT2D eigenvalue weighted by atomic mass is 10.1. The largest absolute Gasteiger partial charge is 0.495 e. The maximum atomic E-state index is 12.3. The minimum Gasteiger partial charge on any atom is -0.495 e. The number of pyridine rings is 1. The van der Waals surface area contributed by atoms with E-state index in [2.05, 4.69) is 10.3 Å². The number of methoxy groups -OCH3 is 1. The number of amides is 1. The topological polar surface area (TPSA) is 51.2 Å². The van der Waals surface area contributed by atoms with Crippen LogP contribution in [-0.2, 0) is 0 Å². The van der Waals surface area contributed by atoms with Gasteiger partial charge in [-0.2, -0.15) is 0 Å². The summed E-state index contributed by atoms with van der Waals surface area (Å²) in [7, 11) is 1.54. The van der Waals surface area contributed by atoms with E-state index in [9.17, 15) is 4.79 Å². The van der Waals surface area contributed by atoms with Crippen molar-refractivity contribution in [1.82, 2.24) is 4.98 Å². The Morgan fingerprint density at radius 2 is 2.05 bits per heavy atom. The van der Waals surface area contributed by atoms with E-state index in [-0.39, 0.29) is 5.91 Å². The minimum atomic E-state index is -0.214. The summed E-state index contributed by atoms with van der Waals surface area (Å²) in [6.07, 6.45) is 1.70. The summed E-state index contributed by atoms with van der Waals surface area (Å²) in [6.45, 7) is 0. The average Bonchev–Trinajstić information content (AvgIpc) is 2.54. The summed E-state index contributed by atoms with van der Waals surface area (Å²) in [5.41, 5.74) is 1.93. The molecule has 3 aromatic rings. The van der Waals surface area contributed by atoms with Crippen LogP contribution in [0.1, 0.15) is 10.4 Å². The summed E-state index contributed by atoms with van der Waals surface area (Å²) >= 11 is 6.05. The van der Waals surface area contributed by atoms with Crippen LogP contribution in [0.5, 0.6) is 5.75 Å². The first-order valence-electron chi connectivity index (χ1n) is 6.67. The molecule has 0 aliphatic rings. The van der Waals surface area contributed by atoms with E-state index in [0.717, 1.165) is 10.9 Å². The van der Waals surface area contributed by atoms with E-state index >= 15 is 0 Å². The molecular formula is C17H13ClN2O2. The molecule has 1 aromatic heterocycles. The van der Waals surface area contributed by atoms with Gasteiger partial charge in [-0.1, -0.05) is 23.7 Å². The van der Waals surface area contributed by atoms with Crippen LogP contribution in [0.4, 0.5) is 5.69 Å². The molecule has 22 heavy (non-hydrogen) atoms. The third-order valence-electron chi connectivity index (χ3n) is 3.28. The predicted octanol–water partition coefficient (Wildman–Crippen LogP) is 4.15. The fourth-order valence-electron chi connectivity index (χ4n) is 2.16. The number of nitrogens with one attached hydrogen (secondary N) is 1. The highest BCUT2D eigenvalue weighted by molar-refractivity contribution is 6.32. The number of halogens is 1. The molecule has 0 atom stereocenters. The molecule has 0 saturated heterocycles. The standard InChI is InChI=1S/C17H13ClN2O2/c1-22-16-7-6-13(10-14(16)18)20-17(21)12-5-4-11-3-2-8-19-15(11)9-12/h2-10H,1H3,(H,20,21). The molecule has 110 valence electrons. The van der Waals surface area contributed by atoms with Crippen LogP contribution in [0.15, 0.2) is 54.7 Å². The Morgan fingerprint density at radius 3 is 2.82 bits per heavy atom. The van der Waals surface area contributed by atoms with Crippen LogP contribution < -0.4 is 10.1 Å². The van der Waals surface area contributed by atoms with E-state index in [0.29, 0.717) is 22.0 Å². The van der Waals surface area contributed by atoms with Crippen molar-refractivity contribution in [3.8, 4) is 5.75 Å². The maximum absolute atomic E-state index is 12.3. The number of hydrogen-bond acceptors (Lipinski definition) is 3. The van der Waals surface area contributed by atoms with Gasteiger partial charge in [-0.15, -0.1) is 0 Å². The molecule has 4 nitrogen and oxygen atoms in total. The molecule has 0 bridgehead atoms. The van der Waals surface area contributed by atoms with E-state index in [1.807, 2.05) is 18.2 Å². The van der Waals surface area contributed by atoms with Crippen molar-refractivity contribution in [2.45, 2.75) is 0 Å². The van der Waals surface area contributed by atoms with Crippen LogP contribution in [-0.4, -0.2) is 18.0 Å². The minimum absolute atomic E-state index is 0.214. The number of aromatic nitrogens is 1. The van der Waals surface area contributed by atoms with Crippen LogP contribution in [0.2, 0.25) is 5.02 Å². The molecule has 1 heterocycles. The van der Waals surface area contributed by atoms with E-state index in [4.69, 9.17) is 16.3 Å². The Morgan fingerprint density at radius 1 is 1.18 bits per heavy atom. The molecule has 1 N–H and O–H groups in total. The van der Waals surface area contributed by atoms with Crippen molar-refractivity contribution < 1.29 is 9.53 Å². The summed E-state index contributed by atoms with van der Waals surface area (Å²) in [5, 5.41) is 4.25. The third-order valence-corrected chi connectivity index (χ3v) is 3.57. The summed E-state index contributed by atoms with van der Waals surface area (Å²) < 4.78 is 5.08. The zero-order valence-electron chi connectivity index (χ0n) is 11.8. The van der Waals surface area contributed by atoms with Gasteiger partial charge in [-0.05, 0) is 36.4 Å². The number of carbonyl (C=O) groups excluding carboxylic acids is 1. The maximum Gasteiger partial charge on any atom is 0.255 e. The molecule has 2 aromatic carbocycles. The van der Waals surface area contributed by atoms with Crippen molar-refractivity contribution in [3.63, 3.8) is 0 Å². The molecule has 0 fully saturated rings. The normalized spacial score (nSPS) is 10.5. The number of carbonyl (C=O) groups is 1. The van der Waals surface area contributed by atoms with Crippen molar-refractivity contribution in [1.29, 1.82) is 0 Å². The number of anilines is 1. The number of hydrogen-bond donors (Lipinski definition) is 1. The molecule has 3 rings (SSSR count). The lowest BCUT2D eigenvalue weighted by Crippen LogP contribution is -2.11. The monoisotopic (exact) mass is 312 g/mol. The number of fused-ring (bicyclic) bond motifs is 1. The van der Waals surface area contributed by atoms with Crippen LogP contribution in [0.25, 0.3) is 10.9 Å². The zero-order valence-corrected chi connectivity index (χ0v) is 12.6. The summed E-state index contributed by atoms with van der Waals surface area (Å²) in [5.74, 6) is 0.350. The second kappa shape index (κ2) is 6.03. The quantitative estimate of drug-likeness (QED) is 0.790. The first kappa shape index (κ1) is 14.4. The molecular weight excluding hydrogens is 300 g/mol. The van der Waals surface area contributed by atoms with Gasteiger partial charge in [0, 0.05) is 22.8 Å². The van der Waals surface area contributed by atoms with Gasteiger partial charge in [0.25, 0.3) is 5.91 Å². The molecule has 5 heteroatoms. The first-order valence-corrected chi connectivity index (χ1v) is 7.05. The highest BCUT2D eigenvalue weighted by Crippen LogP contribution is 2.27. The molecule has 0 aliphatic heterocycles. The number of benzene rings is 2. The SMILES string of the molecule is COc1ccc(NC(=O)c2ccc3cccnc3c2)cc1Cl. The molecule has 0 saturated carbocycles. The third kappa shape index (κ3) is 2.87. The van der Waals surface area contributed by atoms with Gasteiger partial charge in [-0.3, -0.25) is 9.78 Å². The summed E-state index contributed by atoms with van der Waals surface area (Å²) in [4.78, 5) is 16.6. The smallest absolute Gasteiger partial charge is 0.255 e. The van der Waals surface area contributed by atoms with E-state index in [1.165, 1.54) is 0 Å². The Bertz CT molecular complexity index is 849. The lowest BCUT2D eigenvalue weighted by molar-refractivity contribution is 0.102. The van der Waals surface area contributed by atoms with Gasteiger partial charge >= 0.3 is 0 Å². The molecule has 0 aliphatic carbocycles. The Balaban J connectivity index is 1.85.